The monoisotopic (exact) mass is 250 g/mol. The summed E-state index contributed by atoms with van der Waals surface area (Å²) in [6.45, 7) is 0.433. The number of nitrogens with zero attached hydrogens (tertiary/aromatic N) is 1. The molecule has 0 saturated heterocycles. The number of rotatable bonds is 5. The molecule has 0 spiro atoms. The molecule has 0 radical (unpaired) electrons. The van der Waals surface area contributed by atoms with Crippen molar-refractivity contribution in [2.75, 3.05) is 12.4 Å². The van der Waals surface area contributed by atoms with Gasteiger partial charge in [-0.1, -0.05) is 12.8 Å². The lowest BCUT2D eigenvalue weighted by Crippen LogP contribution is -2.08. The third kappa shape index (κ3) is 2.98. The fourth-order valence-electron chi connectivity index (χ4n) is 2.32. The first-order chi connectivity index (χ1) is 8.70. The van der Waals surface area contributed by atoms with Crippen LogP contribution in [-0.2, 0) is 11.3 Å². The van der Waals surface area contributed by atoms with E-state index in [4.69, 9.17) is 4.74 Å². The number of nitrogens with one attached hydrogen (secondary N) is 1. The fraction of sp³-hybridized carbons (Fsp3) is 0.538. The highest BCUT2D eigenvalue weighted by atomic mass is 16.6. The van der Waals surface area contributed by atoms with E-state index in [0.717, 1.165) is 24.1 Å². The van der Waals surface area contributed by atoms with Gasteiger partial charge in [0.2, 0.25) is 0 Å². The number of ether oxygens (including phenoxy) is 1. The maximum atomic E-state index is 10.8. The molecule has 1 aromatic rings. The quantitative estimate of drug-likeness (QED) is 0.644. The van der Waals surface area contributed by atoms with E-state index < -0.39 is 0 Å². The van der Waals surface area contributed by atoms with E-state index in [9.17, 15) is 10.1 Å². The standard InChI is InChI=1S/C13H18N2O3/c1-14-13-7-6-11(15(16)17)8-10(13)9-18-12-4-2-3-5-12/h6-8,12,14H,2-5,9H2,1H3. The summed E-state index contributed by atoms with van der Waals surface area (Å²) in [5.41, 5.74) is 1.84. The highest BCUT2D eigenvalue weighted by Gasteiger charge is 2.17. The molecule has 1 aliphatic carbocycles. The van der Waals surface area contributed by atoms with Crippen molar-refractivity contribution in [1.29, 1.82) is 0 Å². The number of nitro benzene ring substituents is 1. The minimum atomic E-state index is -0.376. The maximum Gasteiger partial charge on any atom is 0.269 e. The van der Waals surface area contributed by atoms with E-state index in [0.29, 0.717) is 12.7 Å². The second kappa shape index (κ2) is 5.82. The smallest absolute Gasteiger partial charge is 0.269 e. The summed E-state index contributed by atoms with van der Waals surface area (Å²) < 4.78 is 5.80. The highest BCUT2D eigenvalue weighted by molar-refractivity contribution is 5.55. The lowest BCUT2D eigenvalue weighted by Gasteiger charge is -2.13. The van der Waals surface area contributed by atoms with E-state index in [-0.39, 0.29) is 10.6 Å². The Balaban J connectivity index is 2.08. The summed E-state index contributed by atoms with van der Waals surface area (Å²) in [6, 6.07) is 4.82. The molecule has 0 bridgehead atoms. The topological polar surface area (TPSA) is 64.4 Å². The predicted octanol–water partition coefficient (Wildman–Crippen LogP) is 3.10. The van der Waals surface area contributed by atoms with E-state index in [2.05, 4.69) is 5.32 Å². The summed E-state index contributed by atoms with van der Waals surface area (Å²) in [4.78, 5) is 10.4. The lowest BCUT2D eigenvalue weighted by atomic mass is 10.1. The fourth-order valence-corrected chi connectivity index (χ4v) is 2.32. The Kier molecular flexibility index (Phi) is 4.15. The molecule has 98 valence electrons. The predicted molar refractivity (Wildman–Crippen MR) is 69.7 cm³/mol. The van der Waals surface area contributed by atoms with Crippen molar-refractivity contribution in [3.05, 3.63) is 33.9 Å². The Morgan fingerprint density at radius 2 is 2.17 bits per heavy atom. The summed E-state index contributed by atoms with van der Waals surface area (Å²) in [5.74, 6) is 0. The first-order valence-electron chi connectivity index (χ1n) is 6.27. The van der Waals surface area contributed by atoms with Gasteiger partial charge in [0.25, 0.3) is 5.69 Å². The molecular formula is C13H18N2O3. The van der Waals surface area contributed by atoms with Gasteiger partial charge >= 0.3 is 0 Å². The molecule has 5 nitrogen and oxygen atoms in total. The van der Waals surface area contributed by atoms with Gasteiger partial charge in [-0.05, 0) is 18.9 Å². The first-order valence-corrected chi connectivity index (χ1v) is 6.27. The molecule has 0 amide bonds. The number of hydrogen-bond acceptors (Lipinski definition) is 4. The van der Waals surface area contributed by atoms with Crippen LogP contribution in [0.1, 0.15) is 31.2 Å². The molecule has 0 atom stereocenters. The molecule has 0 unspecified atom stereocenters. The van der Waals surface area contributed by atoms with Gasteiger partial charge in [0.05, 0.1) is 17.6 Å². The average Bonchev–Trinajstić information content (AvgIpc) is 2.89. The molecule has 1 N–H and O–H groups in total. The van der Waals surface area contributed by atoms with E-state index in [1.807, 2.05) is 0 Å². The van der Waals surface area contributed by atoms with Crippen LogP contribution in [0.4, 0.5) is 11.4 Å². The van der Waals surface area contributed by atoms with Crippen molar-refractivity contribution in [2.45, 2.75) is 38.4 Å². The molecule has 0 aliphatic heterocycles. The summed E-state index contributed by atoms with van der Waals surface area (Å²) in [6.07, 6.45) is 4.96. The van der Waals surface area contributed by atoms with Crippen molar-refractivity contribution in [1.82, 2.24) is 0 Å². The Bertz CT molecular complexity index is 428. The molecule has 1 aromatic carbocycles. The Morgan fingerprint density at radius 3 is 2.78 bits per heavy atom. The maximum absolute atomic E-state index is 10.8. The van der Waals surface area contributed by atoms with Crippen molar-refractivity contribution >= 4 is 11.4 Å². The van der Waals surface area contributed by atoms with Crippen LogP contribution < -0.4 is 5.32 Å². The molecule has 0 heterocycles. The summed E-state index contributed by atoms with van der Waals surface area (Å²) in [5, 5.41) is 13.8. The Labute approximate surface area is 106 Å². The second-order valence-corrected chi connectivity index (χ2v) is 4.57. The zero-order chi connectivity index (χ0) is 13.0. The van der Waals surface area contributed by atoms with Gasteiger partial charge in [-0.25, -0.2) is 0 Å². The zero-order valence-electron chi connectivity index (χ0n) is 10.5. The average molecular weight is 250 g/mol. The van der Waals surface area contributed by atoms with Gasteiger partial charge in [-0.2, -0.15) is 0 Å². The van der Waals surface area contributed by atoms with Gasteiger partial charge in [-0.15, -0.1) is 0 Å². The molecule has 18 heavy (non-hydrogen) atoms. The number of nitro groups is 1. The molecule has 0 aromatic heterocycles. The molecule has 1 aliphatic rings. The van der Waals surface area contributed by atoms with Crippen LogP contribution in [0.5, 0.6) is 0 Å². The highest BCUT2D eigenvalue weighted by Crippen LogP contribution is 2.26. The normalized spacial score (nSPS) is 15.8. The van der Waals surface area contributed by atoms with Crippen LogP contribution in [0, 0.1) is 10.1 Å². The van der Waals surface area contributed by atoms with E-state index >= 15 is 0 Å². The lowest BCUT2D eigenvalue weighted by molar-refractivity contribution is -0.384. The van der Waals surface area contributed by atoms with Crippen molar-refractivity contribution in [3.63, 3.8) is 0 Å². The second-order valence-electron chi connectivity index (χ2n) is 4.57. The Morgan fingerprint density at radius 1 is 1.44 bits per heavy atom. The number of benzene rings is 1. The van der Waals surface area contributed by atoms with Crippen molar-refractivity contribution in [3.8, 4) is 0 Å². The van der Waals surface area contributed by atoms with Crippen LogP contribution in [0.3, 0.4) is 0 Å². The van der Waals surface area contributed by atoms with E-state index in [1.165, 1.54) is 18.9 Å². The van der Waals surface area contributed by atoms with Crippen LogP contribution in [-0.4, -0.2) is 18.1 Å². The molecular weight excluding hydrogens is 232 g/mol. The van der Waals surface area contributed by atoms with Crippen LogP contribution >= 0.6 is 0 Å². The third-order valence-corrected chi connectivity index (χ3v) is 3.35. The van der Waals surface area contributed by atoms with Crippen LogP contribution in [0.2, 0.25) is 0 Å². The molecule has 1 fully saturated rings. The number of non-ortho nitro benzene ring substituents is 1. The molecule has 2 rings (SSSR count). The summed E-state index contributed by atoms with van der Waals surface area (Å²) >= 11 is 0. The summed E-state index contributed by atoms with van der Waals surface area (Å²) in [7, 11) is 1.81. The van der Waals surface area contributed by atoms with Crippen molar-refractivity contribution < 1.29 is 9.66 Å². The van der Waals surface area contributed by atoms with Gasteiger partial charge in [0.15, 0.2) is 0 Å². The first kappa shape index (κ1) is 12.8. The third-order valence-electron chi connectivity index (χ3n) is 3.35. The van der Waals surface area contributed by atoms with Crippen LogP contribution in [0.15, 0.2) is 18.2 Å². The SMILES string of the molecule is CNc1ccc([N+](=O)[O-])cc1COC1CCCC1. The van der Waals surface area contributed by atoms with Gasteiger partial charge in [0, 0.05) is 30.4 Å². The van der Waals surface area contributed by atoms with Gasteiger partial charge in [0.1, 0.15) is 0 Å². The zero-order valence-corrected chi connectivity index (χ0v) is 10.5. The largest absolute Gasteiger partial charge is 0.388 e. The molecule has 5 heteroatoms. The van der Waals surface area contributed by atoms with Gasteiger partial charge < -0.3 is 10.1 Å². The minimum absolute atomic E-state index is 0.110. The van der Waals surface area contributed by atoms with Gasteiger partial charge in [-0.3, -0.25) is 10.1 Å². The molecule has 1 saturated carbocycles. The number of anilines is 1. The Hall–Kier alpha value is -1.62. The van der Waals surface area contributed by atoms with Crippen LogP contribution in [0.25, 0.3) is 0 Å². The van der Waals surface area contributed by atoms with Crippen molar-refractivity contribution in [2.24, 2.45) is 0 Å². The van der Waals surface area contributed by atoms with E-state index in [1.54, 1.807) is 19.2 Å². The minimum Gasteiger partial charge on any atom is -0.388 e. The number of hydrogen-bond donors (Lipinski definition) is 1.